The van der Waals surface area contributed by atoms with Crippen LogP contribution in [0.15, 0.2) is 30.5 Å². The first-order chi connectivity index (χ1) is 35.0. The van der Waals surface area contributed by atoms with Crippen LogP contribution in [0.2, 0.25) is 0 Å². The van der Waals surface area contributed by atoms with Crippen molar-refractivity contribution >= 4 is 58.1 Å². The molecular formula is C56H91N7O11. The summed E-state index contributed by atoms with van der Waals surface area (Å²) in [6.45, 7) is 19.0. The molecule has 1 saturated heterocycles. The number of esters is 1. The van der Waals surface area contributed by atoms with Crippen molar-refractivity contribution in [1.82, 2.24) is 35.4 Å². The molecule has 2 heterocycles. The molecule has 0 radical (unpaired) electrons. The third-order valence-corrected chi connectivity index (χ3v) is 14.2. The average Bonchev–Trinajstić information content (AvgIpc) is 3.73. The molecule has 1 aliphatic heterocycles. The van der Waals surface area contributed by atoms with Gasteiger partial charge in [0.1, 0.15) is 50.0 Å². The number of likely N-dealkylation sites (N-methyl/N-ethyl adjacent to an activating group) is 3. The van der Waals surface area contributed by atoms with Crippen LogP contribution >= 0.6 is 0 Å². The maximum atomic E-state index is 15.2. The van der Waals surface area contributed by atoms with E-state index >= 15 is 9.59 Å². The van der Waals surface area contributed by atoms with Gasteiger partial charge in [-0.3, -0.25) is 33.6 Å². The Labute approximate surface area is 441 Å². The fraction of sp³-hybridized carbons (Fsp3) is 0.714. The summed E-state index contributed by atoms with van der Waals surface area (Å²) in [5.74, 6) is -5.41. The van der Waals surface area contributed by atoms with Crippen molar-refractivity contribution < 1.29 is 52.7 Å². The van der Waals surface area contributed by atoms with E-state index in [9.17, 15) is 28.8 Å². The van der Waals surface area contributed by atoms with Crippen molar-refractivity contribution in [3.05, 3.63) is 36.0 Å². The number of aromatic nitrogens is 1. The van der Waals surface area contributed by atoms with Crippen LogP contribution < -0.4 is 20.8 Å². The zero-order valence-electron chi connectivity index (χ0n) is 47.1. The second-order valence-corrected chi connectivity index (χ2v) is 21.5. The number of para-hydroxylation sites is 1. The lowest BCUT2D eigenvalue weighted by Gasteiger charge is -2.35. The van der Waals surface area contributed by atoms with E-state index in [0.29, 0.717) is 5.56 Å². The standard InChI is InChI=1S/C56H91N7O11/c1-15-18-22-37(8)30-44-53(68)60(11)39(10)56(71)74-49(27-26-41(64)34-73-17-3)52(67)59-45(31-38(9)23-19-16-2)55(70)61(12)47(29-36(6)7)50(65)57-43(28-35(4)5)54(69)62(13)48(51(66)58-44)32-40-33-63(72-14)46-25-21-20-24-42(40)46/h20-21,24-25,33,35-39,43-45,47-49H,15-19,22-23,26-32,34H2,1-14H3,(H,57,65)(H,58,66)(H,59,67)/t37-,38-,39?,43+,44+,45+,47+,48+,49?/m1/s1. The number of amides is 6. The number of cyclic esters (lactones) is 1. The Morgan fingerprint density at radius 1 is 0.676 bits per heavy atom. The third kappa shape index (κ3) is 18.4. The molecule has 18 nitrogen and oxygen atoms in total. The van der Waals surface area contributed by atoms with Crippen LogP contribution in [0.3, 0.4) is 0 Å². The minimum Gasteiger partial charge on any atom is -0.451 e. The van der Waals surface area contributed by atoms with E-state index in [1.54, 1.807) is 17.9 Å². The van der Waals surface area contributed by atoms with E-state index in [4.69, 9.17) is 14.3 Å². The zero-order chi connectivity index (χ0) is 55.4. The predicted octanol–water partition coefficient (Wildman–Crippen LogP) is 6.03. The van der Waals surface area contributed by atoms with Crippen LogP contribution in [-0.4, -0.2) is 150 Å². The second-order valence-electron chi connectivity index (χ2n) is 21.5. The molecule has 416 valence electrons. The number of benzene rings is 1. The van der Waals surface area contributed by atoms with Crippen molar-refractivity contribution in [3.63, 3.8) is 0 Å². The first-order valence-corrected chi connectivity index (χ1v) is 27.1. The Morgan fingerprint density at radius 3 is 1.70 bits per heavy atom. The van der Waals surface area contributed by atoms with E-state index < -0.39 is 83.8 Å². The summed E-state index contributed by atoms with van der Waals surface area (Å²) >= 11 is 0. The summed E-state index contributed by atoms with van der Waals surface area (Å²) in [4.78, 5) is 126. The molecule has 0 spiro atoms. The number of carbonyl (C=O) groups excluding carboxylic acids is 8. The smallest absolute Gasteiger partial charge is 0.329 e. The van der Waals surface area contributed by atoms with E-state index in [1.165, 1.54) is 49.9 Å². The van der Waals surface area contributed by atoms with Crippen molar-refractivity contribution in [1.29, 1.82) is 0 Å². The summed E-state index contributed by atoms with van der Waals surface area (Å²) in [5.41, 5.74) is 1.41. The lowest BCUT2D eigenvalue weighted by atomic mass is 9.94. The van der Waals surface area contributed by atoms with Gasteiger partial charge >= 0.3 is 5.97 Å². The highest BCUT2D eigenvalue weighted by Crippen LogP contribution is 2.26. The Balaban J connectivity index is 2.34. The molecule has 3 N–H and O–H groups in total. The lowest BCUT2D eigenvalue weighted by molar-refractivity contribution is -0.164. The minimum atomic E-state index is -1.57. The summed E-state index contributed by atoms with van der Waals surface area (Å²) < 4.78 is 12.8. The van der Waals surface area contributed by atoms with E-state index in [-0.39, 0.29) is 87.6 Å². The molecule has 1 fully saturated rings. The highest BCUT2D eigenvalue weighted by Gasteiger charge is 2.41. The number of nitrogens with one attached hydrogen (secondary N) is 3. The monoisotopic (exact) mass is 1040 g/mol. The maximum Gasteiger partial charge on any atom is 0.329 e. The summed E-state index contributed by atoms with van der Waals surface area (Å²) in [7, 11) is 5.95. The molecule has 1 aliphatic rings. The summed E-state index contributed by atoms with van der Waals surface area (Å²) in [5, 5.41) is 9.63. The molecule has 9 atom stereocenters. The number of ether oxygens (including phenoxy) is 2. The number of carbonyl (C=O) groups is 8. The molecule has 1 aromatic carbocycles. The van der Waals surface area contributed by atoms with E-state index in [2.05, 4.69) is 29.8 Å². The van der Waals surface area contributed by atoms with Gasteiger partial charge in [-0.1, -0.05) is 112 Å². The van der Waals surface area contributed by atoms with Gasteiger partial charge in [0.25, 0.3) is 5.91 Å². The zero-order valence-corrected chi connectivity index (χ0v) is 47.1. The van der Waals surface area contributed by atoms with Crippen LogP contribution in [0.25, 0.3) is 10.9 Å². The van der Waals surface area contributed by atoms with Crippen LogP contribution in [-0.2, 0) is 54.3 Å². The number of fused-ring (bicyclic) bond motifs is 1. The van der Waals surface area contributed by atoms with Crippen molar-refractivity contribution in [2.45, 2.75) is 195 Å². The molecule has 0 saturated carbocycles. The lowest BCUT2D eigenvalue weighted by Crippen LogP contribution is -2.60. The minimum absolute atomic E-state index is 0.0150. The summed E-state index contributed by atoms with van der Waals surface area (Å²) in [6.07, 6.45) is 5.54. The Morgan fingerprint density at radius 2 is 1.18 bits per heavy atom. The number of ketones is 1. The molecule has 2 unspecified atom stereocenters. The molecule has 74 heavy (non-hydrogen) atoms. The highest BCUT2D eigenvalue weighted by atomic mass is 16.6. The number of nitrogens with zero attached hydrogens (tertiary/aromatic N) is 4. The Hall–Kier alpha value is -5.52. The topological polar surface area (TPSA) is 215 Å². The van der Waals surface area contributed by atoms with Gasteiger partial charge < -0.3 is 45.0 Å². The number of hydrogen-bond acceptors (Lipinski definition) is 11. The highest BCUT2D eigenvalue weighted by molar-refractivity contribution is 5.98. The first-order valence-electron chi connectivity index (χ1n) is 27.1. The van der Waals surface area contributed by atoms with Gasteiger partial charge in [-0.25, -0.2) is 4.79 Å². The number of hydrogen-bond donors (Lipinski definition) is 3. The van der Waals surface area contributed by atoms with Gasteiger partial charge in [0.15, 0.2) is 11.9 Å². The fourth-order valence-electron chi connectivity index (χ4n) is 9.57. The molecule has 0 bridgehead atoms. The van der Waals surface area contributed by atoms with Gasteiger partial charge in [0.05, 0.1) is 5.52 Å². The van der Waals surface area contributed by atoms with E-state index in [0.717, 1.165) is 49.4 Å². The predicted molar refractivity (Wildman–Crippen MR) is 285 cm³/mol. The van der Waals surface area contributed by atoms with Crippen LogP contribution in [0, 0.1) is 23.7 Å². The van der Waals surface area contributed by atoms with Crippen LogP contribution in [0.5, 0.6) is 0 Å². The van der Waals surface area contributed by atoms with Gasteiger partial charge in [-0.15, -0.1) is 0 Å². The van der Waals surface area contributed by atoms with Crippen molar-refractivity contribution in [2.75, 3.05) is 41.5 Å². The molecule has 2 aromatic rings. The molecule has 1 aromatic heterocycles. The van der Waals surface area contributed by atoms with Gasteiger partial charge in [-0.2, -0.15) is 4.73 Å². The Kier molecular flexibility index (Phi) is 26.1. The third-order valence-electron chi connectivity index (χ3n) is 14.2. The van der Waals surface area contributed by atoms with Gasteiger partial charge in [0.2, 0.25) is 29.5 Å². The molecule has 0 aliphatic carbocycles. The second kappa shape index (κ2) is 30.8. The van der Waals surface area contributed by atoms with Gasteiger partial charge in [-0.05, 0) is 74.8 Å². The number of unbranched alkanes of at least 4 members (excludes halogenated alkanes) is 2. The average molecular weight is 1040 g/mol. The first kappa shape index (κ1) is 62.8. The van der Waals surface area contributed by atoms with Crippen LogP contribution in [0.4, 0.5) is 0 Å². The molecule has 18 heteroatoms. The largest absolute Gasteiger partial charge is 0.451 e. The molecule has 6 amide bonds. The van der Waals surface area contributed by atoms with Crippen molar-refractivity contribution in [3.8, 4) is 0 Å². The van der Waals surface area contributed by atoms with Gasteiger partial charge in [0, 0.05) is 58.6 Å². The number of Topliss-reactive ketones (excluding diaryl/α,β-unsaturated/α-hetero) is 1. The normalized spacial score (nSPS) is 23.4. The maximum absolute atomic E-state index is 15.2. The SMILES string of the molecule is CCCC[C@@H](C)C[C@@H]1NC(=O)[C@H](Cc2cn(OC)c3ccccc23)N(C)C(=O)[C@H](CC(C)C)NC(=O)[C@H](CC(C)C)N(C)C(=O)[C@H](C[C@H](C)CCCC)NC(=O)C(CCC(=O)COCC)OC(=O)C(C)N(C)C1=O. The fourth-order valence-corrected chi connectivity index (χ4v) is 9.57. The quantitative estimate of drug-likeness (QED) is 0.109. The van der Waals surface area contributed by atoms with E-state index in [1.807, 2.05) is 65.8 Å². The van der Waals surface area contributed by atoms with Crippen molar-refractivity contribution in [2.24, 2.45) is 23.7 Å². The Bertz CT molecular complexity index is 2180. The molecular weight excluding hydrogens is 947 g/mol. The van der Waals surface area contributed by atoms with Crippen LogP contribution in [0.1, 0.15) is 152 Å². The molecule has 3 rings (SSSR count). The number of rotatable bonds is 23. The summed E-state index contributed by atoms with van der Waals surface area (Å²) in [6, 6.07) is 0.353.